The van der Waals surface area contributed by atoms with Gasteiger partial charge in [-0.2, -0.15) is 5.10 Å². The van der Waals surface area contributed by atoms with Crippen molar-refractivity contribution in [3.05, 3.63) is 18.0 Å². The van der Waals surface area contributed by atoms with Gasteiger partial charge >= 0.3 is 0 Å². The Labute approximate surface area is 102 Å². The molecule has 0 radical (unpaired) electrons. The Morgan fingerprint density at radius 3 is 2.71 bits per heavy atom. The molecule has 0 atom stereocenters. The van der Waals surface area contributed by atoms with Crippen molar-refractivity contribution >= 4 is 0 Å². The Kier molecular flexibility index (Phi) is 5.61. The Morgan fingerprint density at radius 1 is 1.41 bits per heavy atom. The van der Waals surface area contributed by atoms with E-state index in [4.69, 9.17) is 5.11 Å². The lowest BCUT2D eigenvalue weighted by Gasteiger charge is -2.25. The lowest BCUT2D eigenvalue weighted by atomic mass is 9.97. The molecule has 98 valence electrons. The molecular formula is C12H23N3O2. The van der Waals surface area contributed by atoms with E-state index in [0.29, 0.717) is 19.6 Å². The van der Waals surface area contributed by atoms with Gasteiger partial charge < -0.3 is 15.5 Å². The van der Waals surface area contributed by atoms with Crippen LogP contribution >= 0.6 is 0 Å². The molecule has 1 aromatic heterocycles. The fourth-order valence-electron chi connectivity index (χ4n) is 1.66. The minimum Gasteiger partial charge on any atom is -0.394 e. The minimum absolute atomic E-state index is 0.0972. The first-order chi connectivity index (χ1) is 8.13. The first-order valence-corrected chi connectivity index (χ1v) is 6.19. The first-order valence-electron chi connectivity index (χ1n) is 6.19. The van der Waals surface area contributed by atoms with Crippen LogP contribution in [0.2, 0.25) is 0 Å². The average Bonchev–Trinajstić information content (AvgIpc) is 2.77. The molecule has 0 aliphatic heterocycles. The number of nitrogens with one attached hydrogen (secondary N) is 1. The Bertz CT molecular complexity index is 321. The van der Waals surface area contributed by atoms with Crippen LogP contribution in [0.4, 0.5) is 0 Å². The lowest BCUT2D eigenvalue weighted by molar-refractivity contribution is 0.0323. The van der Waals surface area contributed by atoms with E-state index in [2.05, 4.69) is 10.4 Å². The van der Waals surface area contributed by atoms with Crippen LogP contribution in [0.3, 0.4) is 0 Å². The third-order valence-corrected chi connectivity index (χ3v) is 3.12. The van der Waals surface area contributed by atoms with Gasteiger partial charge in [-0.05, 0) is 12.8 Å². The van der Waals surface area contributed by atoms with E-state index < -0.39 is 5.60 Å². The van der Waals surface area contributed by atoms with Gasteiger partial charge in [-0.1, -0.05) is 13.8 Å². The summed E-state index contributed by atoms with van der Waals surface area (Å²) in [6, 6.07) is 0. The van der Waals surface area contributed by atoms with E-state index in [1.165, 1.54) is 0 Å². The second-order valence-corrected chi connectivity index (χ2v) is 4.37. The van der Waals surface area contributed by atoms with E-state index in [0.717, 1.165) is 18.4 Å². The van der Waals surface area contributed by atoms with Gasteiger partial charge in [0.1, 0.15) is 0 Å². The molecule has 0 unspecified atom stereocenters. The highest BCUT2D eigenvalue weighted by Gasteiger charge is 2.21. The highest BCUT2D eigenvalue weighted by molar-refractivity contribution is 5.03. The van der Waals surface area contributed by atoms with Crippen molar-refractivity contribution in [2.75, 3.05) is 13.2 Å². The molecule has 0 saturated heterocycles. The Hall–Kier alpha value is -0.910. The van der Waals surface area contributed by atoms with Gasteiger partial charge in [0.05, 0.1) is 24.9 Å². The van der Waals surface area contributed by atoms with E-state index in [-0.39, 0.29) is 6.61 Å². The largest absolute Gasteiger partial charge is 0.394 e. The number of aliphatic hydroxyl groups is 2. The summed E-state index contributed by atoms with van der Waals surface area (Å²) in [6.45, 7) is 5.88. The molecule has 3 N–H and O–H groups in total. The third kappa shape index (κ3) is 4.46. The number of aromatic nitrogens is 2. The van der Waals surface area contributed by atoms with Crippen LogP contribution in [0.5, 0.6) is 0 Å². The number of rotatable bonds is 8. The second-order valence-electron chi connectivity index (χ2n) is 4.37. The third-order valence-electron chi connectivity index (χ3n) is 3.12. The van der Waals surface area contributed by atoms with Crippen LogP contribution in [0.1, 0.15) is 32.3 Å². The molecule has 0 aliphatic carbocycles. The molecule has 0 bridgehead atoms. The van der Waals surface area contributed by atoms with Crippen molar-refractivity contribution < 1.29 is 10.2 Å². The molecule has 5 nitrogen and oxygen atoms in total. The fourth-order valence-corrected chi connectivity index (χ4v) is 1.66. The van der Waals surface area contributed by atoms with Crippen LogP contribution in [-0.4, -0.2) is 38.7 Å². The number of hydrogen-bond acceptors (Lipinski definition) is 4. The summed E-state index contributed by atoms with van der Waals surface area (Å²) in [5.74, 6) is 0. The molecule has 0 aromatic carbocycles. The summed E-state index contributed by atoms with van der Waals surface area (Å²) in [7, 11) is 0. The monoisotopic (exact) mass is 241 g/mol. The van der Waals surface area contributed by atoms with Crippen LogP contribution in [0.25, 0.3) is 0 Å². The standard InChI is InChI=1S/C12H23N3O2/c1-3-12(17,4-2)10-13-7-11-8-14-15(9-11)5-6-16/h8-9,13,16-17H,3-7,10H2,1-2H3. The number of aliphatic hydroxyl groups excluding tert-OH is 1. The molecule has 17 heavy (non-hydrogen) atoms. The summed E-state index contributed by atoms with van der Waals surface area (Å²) >= 11 is 0. The summed E-state index contributed by atoms with van der Waals surface area (Å²) < 4.78 is 1.71. The zero-order chi connectivity index (χ0) is 12.7. The van der Waals surface area contributed by atoms with Gasteiger partial charge in [-0.3, -0.25) is 4.68 Å². The topological polar surface area (TPSA) is 70.3 Å². The van der Waals surface area contributed by atoms with Crippen LogP contribution < -0.4 is 5.32 Å². The molecule has 1 heterocycles. The maximum Gasteiger partial charge on any atom is 0.0766 e. The van der Waals surface area contributed by atoms with E-state index >= 15 is 0 Å². The van der Waals surface area contributed by atoms with Crippen LogP contribution in [0.15, 0.2) is 12.4 Å². The normalized spacial score (nSPS) is 12.0. The predicted molar refractivity (Wildman–Crippen MR) is 66.6 cm³/mol. The minimum atomic E-state index is -0.610. The highest BCUT2D eigenvalue weighted by Crippen LogP contribution is 2.13. The predicted octanol–water partition coefficient (Wildman–Crippen LogP) is 0.516. The van der Waals surface area contributed by atoms with Gasteiger partial charge in [0.15, 0.2) is 0 Å². The quantitative estimate of drug-likeness (QED) is 0.620. The molecule has 0 fully saturated rings. The van der Waals surface area contributed by atoms with Crippen molar-refractivity contribution in [3.8, 4) is 0 Å². The van der Waals surface area contributed by atoms with E-state index in [9.17, 15) is 5.11 Å². The number of hydrogen-bond donors (Lipinski definition) is 3. The fraction of sp³-hybridized carbons (Fsp3) is 0.750. The van der Waals surface area contributed by atoms with Gasteiger partial charge in [-0.25, -0.2) is 0 Å². The summed E-state index contributed by atoms with van der Waals surface area (Å²) in [4.78, 5) is 0. The molecular weight excluding hydrogens is 218 g/mol. The van der Waals surface area contributed by atoms with Crippen molar-refractivity contribution in [1.29, 1.82) is 0 Å². The molecule has 0 saturated carbocycles. The lowest BCUT2D eigenvalue weighted by Crippen LogP contribution is -2.39. The summed E-state index contributed by atoms with van der Waals surface area (Å²) in [5, 5.41) is 26.2. The van der Waals surface area contributed by atoms with Crippen LogP contribution in [-0.2, 0) is 13.1 Å². The molecule has 0 aliphatic rings. The van der Waals surface area contributed by atoms with Crippen LogP contribution in [0, 0.1) is 0 Å². The van der Waals surface area contributed by atoms with Gasteiger partial charge in [0, 0.05) is 24.8 Å². The highest BCUT2D eigenvalue weighted by atomic mass is 16.3. The second kappa shape index (κ2) is 6.74. The average molecular weight is 241 g/mol. The molecule has 5 heteroatoms. The molecule has 0 amide bonds. The Balaban J connectivity index is 2.34. The molecule has 1 rings (SSSR count). The summed E-state index contributed by atoms with van der Waals surface area (Å²) in [5.41, 5.74) is 0.453. The maximum atomic E-state index is 10.1. The molecule has 1 aromatic rings. The van der Waals surface area contributed by atoms with Gasteiger partial charge in [0.2, 0.25) is 0 Å². The van der Waals surface area contributed by atoms with E-state index in [1.54, 1.807) is 10.9 Å². The van der Waals surface area contributed by atoms with Gasteiger partial charge in [-0.15, -0.1) is 0 Å². The van der Waals surface area contributed by atoms with Gasteiger partial charge in [0.25, 0.3) is 0 Å². The zero-order valence-electron chi connectivity index (χ0n) is 10.7. The van der Waals surface area contributed by atoms with E-state index in [1.807, 2.05) is 20.0 Å². The zero-order valence-corrected chi connectivity index (χ0v) is 10.7. The maximum absolute atomic E-state index is 10.1. The van der Waals surface area contributed by atoms with Crippen molar-refractivity contribution in [2.24, 2.45) is 0 Å². The molecule has 0 spiro atoms. The first kappa shape index (κ1) is 14.2. The van der Waals surface area contributed by atoms with Crippen molar-refractivity contribution in [2.45, 2.75) is 45.4 Å². The smallest absolute Gasteiger partial charge is 0.0766 e. The van der Waals surface area contributed by atoms with Crippen molar-refractivity contribution in [1.82, 2.24) is 15.1 Å². The SMILES string of the molecule is CCC(O)(CC)CNCc1cnn(CCO)c1. The Morgan fingerprint density at radius 2 is 2.12 bits per heavy atom. The number of nitrogens with zero attached hydrogens (tertiary/aromatic N) is 2. The van der Waals surface area contributed by atoms with Crippen molar-refractivity contribution in [3.63, 3.8) is 0 Å². The summed E-state index contributed by atoms with van der Waals surface area (Å²) in [6.07, 6.45) is 5.18.